The third kappa shape index (κ3) is 9.11. The highest BCUT2D eigenvalue weighted by Gasteiger charge is 2.75. The zero-order valence-electron chi connectivity index (χ0n) is 45.4. The van der Waals surface area contributed by atoms with E-state index in [9.17, 15) is 86.5 Å². The number of aliphatic carboxylic acids is 1. The number of carboxylic acids is 1. The van der Waals surface area contributed by atoms with E-state index in [1.165, 1.54) is 6.92 Å². The molecule has 25 nitrogen and oxygen atoms in total. The summed E-state index contributed by atoms with van der Waals surface area (Å²) in [6, 6.07) is 0. The van der Waals surface area contributed by atoms with Gasteiger partial charge in [-0.05, 0) is 84.9 Å². The second kappa shape index (κ2) is 21.4. The Bertz CT molecular complexity index is 2180. The molecule has 0 spiro atoms. The van der Waals surface area contributed by atoms with Gasteiger partial charge in [0.1, 0.15) is 79.4 Å². The minimum Gasteiger partial charge on any atom is -0.479 e. The second-order valence-corrected chi connectivity index (χ2v) is 26.1. The lowest BCUT2D eigenvalue weighted by Crippen LogP contribution is -2.76. The van der Waals surface area contributed by atoms with Gasteiger partial charge in [-0.2, -0.15) is 0 Å². The molecule has 5 unspecified atom stereocenters. The summed E-state index contributed by atoms with van der Waals surface area (Å²) in [6.07, 6.45) is -36.7. The van der Waals surface area contributed by atoms with Gasteiger partial charge < -0.3 is 120 Å². The van der Waals surface area contributed by atoms with Crippen LogP contribution < -0.4 is 0 Å². The minimum atomic E-state index is -2.22. The van der Waals surface area contributed by atoms with Gasteiger partial charge in [0, 0.05) is 5.41 Å². The van der Waals surface area contributed by atoms with E-state index >= 15 is 0 Å². The highest BCUT2D eigenvalue weighted by Crippen LogP contribution is 2.76. The maximum Gasteiger partial charge on any atom is 0.335 e. The number of allylic oxidation sites excluding steroid dienone is 1. The Morgan fingerprint density at radius 1 is 0.615 bits per heavy atom. The summed E-state index contributed by atoms with van der Waals surface area (Å²) in [5.41, 5.74) is -4.62. The number of hydrogen-bond donors (Lipinski definition) is 16. The smallest absolute Gasteiger partial charge is 0.335 e. The van der Waals surface area contributed by atoms with Gasteiger partial charge in [-0.1, -0.05) is 60.1 Å². The lowest BCUT2D eigenvalue weighted by Gasteiger charge is -2.73. The highest BCUT2D eigenvalue weighted by atomic mass is 16.8. The van der Waals surface area contributed by atoms with E-state index < -0.39 is 211 Å². The fraction of sp³-hybridized carbons (Fsp3) is 0.943. The quantitative estimate of drug-likeness (QED) is 0.0694. The topological polar surface area (TPSA) is 415 Å². The van der Waals surface area contributed by atoms with Crippen molar-refractivity contribution in [2.45, 2.75) is 241 Å². The van der Waals surface area contributed by atoms with Crippen LogP contribution in [0.2, 0.25) is 0 Å². The molecule has 4 aliphatic heterocycles. The summed E-state index contributed by atoms with van der Waals surface area (Å²) in [6.45, 7) is 13.2. The first-order valence-electron chi connectivity index (χ1n) is 27.5. The van der Waals surface area contributed by atoms with Crippen LogP contribution in [0.15, 0.2) is 11.6 Å². The third-order valence-electron chi connectivity index (χ3n) is 21.5. The molecule has 0 aromatic heterocycles. The number of rotatable bonds is 11. The van der Waals surface area contributed by atoms with Crippen LogP contribution in [-0.2, 0) is 42.7 Å². The Kier molecular flexibility index (Phi) is 16.7. The lowest BCUT2D eigenvalue weighted by molar-refractivity contribution is -0.401. The van der Waals surface area contributed by atoms with Crippen LogP contribution in [0.3, 0.4) is 0 Å². The molecule has 4 heterocycles. The summed E-state index contributed by atoms with van der Waals surface area (Å²) >= 11 is 0. The van der Waals surface area contributed by atoms with Crippen molar-refractivity contribution in [2.75, 3.05) is 19.8 Å². The van der Waals surface area contributed by atoms with Crippen LogP contribution in [0.25, 0.3) is 0 Å². The SMILES string of the molecule is C[C@@H]1O[C@@H](O[C@H]2[C@H](O[C@H]3[C@H](O)[C@@H](C(=O)O)O[C@@H](O[C@H]4CC[C@]5(C)[C@H]6CC=C7[C@@H]8CC(C)(C)[C@@H](O)[C@H](O)[C@]8(CO)[C@H](O)[C@H](O)[C@@]7(C)[C@]6(C)CC[C@H]5C4(C)C)[C@@H]3OC3OC(CO)C(O)C(O)C3O)OC[C@H](O)[C@@H]2O)[C@H](O)[C@H](O)[C@H]1O. The summed E-state index contributed by atoms with van der Waals surface area (Å²) in [4.78, 5) is 13.1. The first kappa shape index (κ1) is 60.9. The first-order valence-corrected chi connectivity index (χ1v) is 27.5. The predicted octanol–water partition coefficient (Wildman–Crippen LogP) is -3.92. The molecule has 4 saturated heterocycles. The molecule has 0 aromatic rings. The number of aliphatic hydroxyl groups excluding tert-OH is 15. The maximum absolute atomic E-state index is 13.1. The van der Waals surface area contributed by atoms with E-state index in [0.717, 1.165) is 5.57 Å². The molecule has 0 aromatic carbocycles. The number of carbonyl (C=O) groups is 1. The number of ether oxygens (including phenoxy) is 8. The van der Waals surface area contributed by atoms with Crippen molar-refractivity contribution in [3.8, 4) is 0 Å². The average molecular weight is 1120 g/mol. The van der Waals surface area contributed by atoms with E-state index in [0.29, 0.717) is 38.5 Å². The largest absolute Gasteiger partial charge is 0.479 e. The Morgan fingerprint density at radius 2 is 1.22 bits per heavy atom. The van der Waals surface area contributed by atoms with Crippen molar-refractivity contribution in [3.63, 3.8) is 0 Å². The van der Waals surface area contributed by atoms with Gasteiger partial charge in [-0.15, -0.1) is 0 Å². The molecule has 4 saturated carbocycles. The summed E-state index contributed by atoms with van der Waals surface area (Å²) in [5.74, 6) is -2.56. The van der Waals surface area contributed by atoms with Crippen LogP contribution in [0.5, 0.6) is 0 Å². The zero-order valence-corrected chi connectivity index (χ0v) is 45.4. The van der Waals surface area contributed by atoms with Crippen molar-refractivity contribution in [1.82, 2.24) is 0 Å². The molecule has 0 amide bonds. The first-order chi connectivity index (χ1) is 36.3. The van der Waals surface area contributed by atoms with E-state index in [4.69, 9.17) is 37.9 Å². The number of aliphatic hydroxyl groups is 15. The fourth-order valence-electron chi connectivity index (χ4n) is 16.6. The molecule has 78 heavy (non-hydrogen) atoms. The van der Waals surface area contributed by atoms with E-state index in [2.05, 4.69) is 19.9 Å². The molecule has 0 radical (unpaired) electrons. The minimum absolute atomic E-state index is 0.123. The Morgan fingerprint density at radius 3 is 1.85 bits per heavy atom. The van der Waals surface area contributed by atoms with E-state index in [1.54, 1.807) is 0 Å². The molecular weight excluding hydrogens is 1040 g/mol. The third-order valence-corrected chi connectivity index (χ3v) is 21.5. The zero-order chi connectivity index (χ0) is 57.5. The molecule has 448 valence electrons. The van der Waals surface area contributed by atoms with Crippen LogP contribution in [0.4, 0.5) is 0 Å². The van der Waals surface area contributed by atoms with Gasteiger partial charge in [-0.25, -0.2) is 4.79 Å². The molecule has 9 rings (SSSR count). The van der Waals surface area contributed by atoms with E-state index in [1.807, 2.05) is 34.6 Å². The lowest BCUT2D eigenvalue weighted by atomic mass is 9.32. The molecule has 31 atom stereocenters. The molecule has 16 N–H and O–H groups in total. The Hall–Kier alpha value is -1.71. The van der Waals surface area contributed by atoms with Crippen LogP contribution in [-0.4, -0.2) is 255 Å². The molecule has 25 heteroatoms. The average Bonchev–Trinajstić information content (AvgIpc) is 3.21. The monoisotopic (exact) mass is 1120 g/mol. The molecule has 8 fully saturated rings. The van der Waals surface area contributed by atoms with Crippen molar-refractivity contribution in [1.29, 1.82) is 0 Å². The van der Waals surface area contributed by atoms with Crippen LogP contribution in [0, 0.1) is 50.2 Å². The fourth-order valence-corrected chi connectivity index (χ4v) is 16.6. The Balaban J connectivity index is 1.04. The van der Waals surface area contributed by atoms with Crippen molar-refractivity contribution >= 4 is 5.97 Å². The molecule has 5 aliphatic carbocycles. The molecular formula is C53H86O25. The normalized spacial score (nSPS) is 55.8. The van der Waals surface area contributed by atoms with Gasteiger partial charge in [0.15, 0.2) is 31.3 Å². The van der Waals surface area contributed by atoms with Gasteiger partial charge in [0.25, 0.3) is 0 Å². The predicted molar refractivity (Wildman–Crippen MR) is 261 cm³/mol. The maximum atomic E-state index is 13.1. The number of carboxylic acid groups (broad SMARTS) is 1. The standard InChI is InChI=1S/C53H86O25/c1-19-27(57)30(60)32(62)44(72-19)77-37-28(58)22(56)17-71-46(37)75-35-34(64)36(43(69)70)76-47(38(35)78-45-33(63)31(61)29(59)23(16-54)73-45)74-26-12-13-50(6)24(49(26,4)5)11-14-51(7)25(50)10-9-20-21-15-48(2,3)39(65)41(67)53(21,18-55)42(68)40(66)52(20,51)8/h9,19,21-42,44-47,54-68H,10-18H2,1-8H3,(H,69,70)/t19-,21-,22-,23?,24-,25+,26-,27-,28-,29?,30+,31?,32+,33?,34-,35-,36-,37+,38+,39-,40-,41-,42+,44-,45?,46-,47+,50-,51+,52-,53+/m0/s1. The van der Waals surface area contributed by atoms with Gasteiger partial charge in [-0.3, -0.25) is 0 Å². The molecule has 9 aliphatic rings. The van der Waals surface area contributed by atoms with Crippen LogP contribution in [0.1, 0.15) is 93.9 Å². The van der Waals surface area contributed by atoms with E-state index in [-0.39, 0.29) is 11.8 Å². The Labute approximate surface area is 452 Å². The van der Waals surface area contributed by atoms with Crippen molar-refractivity contribution in [3.05, 3.63) is 11.6 Å². The van der Waals surface area contributed by atoms with Gasteiger partial charge >= 0.3 is 5.97 Å². The summed E-state index contributed by atoms with van der Waals surface area (Å²) in [7, 11) is 0. The van der Waals surface area contributed by atoms with Crippen molar-refractivity contribution < 1.29 is 124 Å². The number of hydrogen-bond acceptors (Lipinski definition) is 24. The van der Waals surface area contributed by atoms with Crippen molar-refractivity contribution in [2.24, 2.45) is 50.2 Å². The van der Waals surface area contributed by atoms with Crippen LogP contribution >= 0.6 is 0 Å². The second-order valence-electron chi connectivity index (χ2n) is 26.1. The molecule has 0 bridgehead atoms. The van der Waals surface area contributed by atoms with Gasteiger partial charge in [0.05, 0.1) is 61.9 Å². The summed E-state index contributed by atoms with van der Waals surface area (Å²) < 4.78 is 48.7. The summed E-state index contributed by atoms with van der Waals surface area (Å²) in [5, 5.41) is 178. The highest BCUT2D eigenvalue weighted by molar-refractivity contribution is 5.73. The van der Waals surface area contributed by atoms with Gasteiger partial charge in [0.2, 0.25) is 0 Å². The number of fused-ring (bicyclic) bond motifs is 7.